The average Bonchev–Trinajstić information content (AvgIpc) is 2.80. The molecule has 1 saturated carbocycles. The van der Waals surface area contributed by atoms with Gasteiger partial charge in [0.05, 0.1) is 0 Å². The molecule has 76 valence electrons. The van der Waals surface area contributed by atoms with Crippen molar-refractivity contribution in [1.82, 2.24) is 0 Å². The lowest BCUT2D eigenvalue weighted by Crippen LogP contribution is -1.91. The van der Waals surface area contributed by atoms with Crippen LogP contribution in [0.2, 0.25) is 0 Å². The third kappa shape index (κ3) is 5.90. The van der Waals surface area contributed by atoms with Crippen LogP contribution in [0.5, 0.6) is 0 Å². The zero-order chi connectivity index (χ0) is 9.68. The predicted molar refractivity (Wildman–Crippen MR) is 59.8 cm³/mol. The Bertz CT molecular complexity index is 159. The van der Waals surface area contributed by atoms with E-state index in [0.29, 0.717) is 0 Å². The Labute approximate surface area is 83.4 Å². The van der Waals surface area contributed by atoms with Crippen molar-refractivity contribution in [3.8, 4) is 0 Å². The highest BCUT2D eigenvalue weighted by molar-refractivity contribution is 4.95. The highest BCUT2D eigenvalue weighted by Gasteiger charge is 2.19. The minimum Gasteiger partial charge on any atom is -0.0830 e. The molecule has 0 heterocycles. The molecule has 0 spiro atoms. The molecule has 1 unspecified atom stereocenters. The van der Waals surface area contributed by atoms with Gasteiger partial charge in [-0.15, -0.1) is 0 Å². The zero-order valence-electron chi connectivity index (χ0n) is 9.47. The summed E-state index contributed by atoms with van der Waals surface area (Å²) in [4.78, 5) is 0. The Morgan fingerprint density at radius 2 is 2.00 bits per heavy atom. The third-order valence-electron chi connectivity index (χ3n) is 2.84. The summed E-state index contributed by atoms with van der Waals surface area (Å²) in [5, 5.41) is 0. The molecule has 1 atom stereocenters. The molecular formula is C13H24. The van der Waals surface area contributed by atoms with E-state index in [-0.39, 0.29) is 0 Å². The Hall–Kier alpha value is -0.260. The molecule has 0 saturated heterocycles. The van der Waals surface area contributed by atoms with Gasteiger partial charge in [0.15, 0.2) is 0 Å². The minimum absolute atomic E-state index is 0.796. The molecule has 0 radical (unpaired) electrons. The van der Waals surface area contributed by atoms with Crippen LogP contribution in [0.4, 0.5) is 0 Å². The topological polar surface area (TPSA) is 0 Å². The van der Waals surface area contributed by atoms with Crippen molar-refractivity contribution in [2.45, 2.75) is 59.3 Å². The van der Waals surface area contributed by atoms with Crippen LogP contribution < -0.4 is 0 Å². The van der Waals surface area contributed by atoms with Crippen LogP contribution in [0.15, 0.2) is 11.6 Å². The van der Waals surface area contributed by atoms with Gasteiger partial charge in [-0.25, -0.2) is 0 Å². The molecule has 0 aromatic heterocycles. The normalized spacial score (nSPS) is 18.4. The van der Waals surface area contributed by atoms with Gasteiger partial charge in [-0.2, -0.15) is 0 Å². The fourth-order valence-corrected chi connectivity index (χ4v) is 1.96. The molecule has 1 aliphatic carbocycles. The van der Waals surface area contributed by atoms with Crippen LogP contribution in [-0.2, 0) is 0 Å². The van der Waals surface area contributed by atoms with E-state index in [1.165, 1.54) is 44.1 Å². The summed E-state index contributed by atoms with van der Waals surface area (Å²) in [5.41, 5.74) is 1.47. The van der Waals surface area contributed by atoms with E-state index in [1.54, 1.807) is 0 Å². The number of allylic oxidation sites excluding steroid dienone is 2. The second-order valence-electron chi connectivity index (χ2n) is 4.95. The van der Waals surface area contributed by atoms with Crippen molar-refractivity contribution >= 4 is 0 Å². The first kappa shape index (κ1) is 10.8. The first-order chi connectivity index (χ1) is 6.18. The lowest BCUT2D eigenvalue weighted by Gasteiger charge is -2.06. The van der Waals surface area contributed by atoms with Gasteiger partial charge in [0, 0.05) is 0 Å². The van der Waals surface area contributed by atoms with E-state index in [1.807, 2.05) is 0 Å². The summed E-state index contributed by atoms with van der Waals surface area (Å²) in [6.07, 6.45) is 11.2. The van der Waals surface area contributed by atoms with Crippen molar-refractivity contribution in [3.05, 3.63) is 11.6 Å². The second kappa shape index (κ2) is 5.47. The van der Waals surface area contributed by atoms with Gasteiger partial charge < -0.3 is 0 Å². The number of rotatable bonds is 6. The summed E-state index contributed by atoms with van der Waals surface area (Å²) >= 11 is 0. The van der Waals surface area contributed by atoms with E-state index >= 15 is 0 Å². The SMILES string of the molecule is CC(C)=CC(C)CCCCC1CC1. The third-order valence-corrected chi connectivity index (χ3v) is 2.84. The quantitative estimate of drug-likeness (QED) is 0.415. The maximum Gasteiger partial charge on any atom is -0.0259 e. The van der Waals surface area contributed by atoms with Crippen LogP contribution in [0.25, 0.3) is 0 Å². The molecule has 0 heteroatoms. The molecule has 0 aromatic carbocycles. The van der Waals surface area contributed by atoms with Crippen molar-refractivity contribution in [2.24, 2.45) is 11.8 Å². The zero-order valence-corrected chi connectivity index (χ0v) is 9.47. The molecule has 0 aliphatic heterocycles. The molecule has 0 N–H and O–H groups in total. The lowest BCUT2D eigenvalue weighted by atomic mass is 10.0. The van der Waals surface area contributed by atoms with Crippen LogP contribution in [-0.4, -0.2) is 0 Å². The highest BCUT2D eigenvalue weighted by atomic mass is 14.3. The van der Waals surface area contributed by atoms with Crippen molar-refractivity contribution < 1.29 is 0 Å². The second-order valence-corrected chi connectivity index (χ2v) is 4.95. The molecule has 0 aromatic rings. The Morgan fingerprint density at radius 3 is 2.54 bits per heavy atom. The monoisotopic (exact) mass is 180 g/mol. The summed E-state index contributed by atoms with van der Waals surface area (Å²) in [6.45, 7) is 6.73. The molecule has 1 aliphatic rings. The molecular weight excluding hydrogens is 156 g/mol. The van der Waals surface area contributed by atoms with E-state index < -0.39 is 0 Å². The molecule has 0 amide bonds. The van der Waals surface area contributed by atoms with Gasteiger partial charge in [0.2, 0.25) is 0 Å². The largest absolute Gasteiger partial charge is 0.0830 e. The first-order valence-corrected chi connectivity index (χ1v) is 5.83. The van der Waals surface area contributed by atoms with E-state index in [0.717, 1.165) is 11.8 Å². The first-order valence-electron chi connectivity index (χ1n) is 5.83. The fraction of sp³-hybridized carbons (Fsp3) is 0.846. The minimum atomic E-state index is 0.796. The van der Waals surface area contributed by atoms with E-state index in [2.05, 4.69) is 26.8 Å². The van der Waals surface area contributed by atoms with E-state index in [4.69, 9.17) is 0 Å². The van der Waals surface area contributed by atoms with Gasteiger partial charge in [-0.1, -0.05) is 50.7 Å². The standard InChI is InChI=1S/C13H24/c1-11(2)10-12(3)6-4-5-7-13-8-9-13/h10,12-13H,4-9H2,1-3H3. The highest BCUT2D eigenvalue weighted by Crippen LogP contribution is 2.34. The van der Waals surface area contributed by atoms with Crippen molar-refractivity contribution in [3.63, 3.8) is 0 Å². The van der Waals surface area contributed by atoms with Gasteiger partial charge in [0.1, 0.15) is 0 Å². The van der Waals surface area contributed by atoms with E-state index in [9.17, 15) is 0 Å². The summed E-state index contributed by atoms with van der Waals surface area (Å²) < 4.78 is 0. The number of hydrogen-bond donors (Lipinski definition) is 0. The summed E-state index contributed by atoms with van der Waals surface area (Å²) in [6, 6.07) is 0. The fourth-order valence-electron chi connectivity index (χ4n) is 1.96. The van der Waals surface area contributed by atoms with Gasteiger partial charge in [-0.3, -0.25) is 0 Å². The molecule has 0 bridgehead atoms. The van der Waals surface area contributed by atoms with Gasteiger partial charge in [0.25, 0.3) is 0 Å². The van der Waals surface area contributed by atoms with Crippen LogP contribution in [0.1, 0.15) is 59.3 Å². The Balaban J connectivity index is 1.94. The van der Waals surface area contributed by atoms with Crippen molar-refractivity contribution in [1.29, 1.82) is 0 Å². The lowest BCUT2D eigenvalue weighted by molar-refractivity contribution is 0.545. The van der Waals surface area contributed by atoms with Crippen LogP contribution in [0.3, 0.4) is 0 Å². The predicted octanol–water partition coefficient (Wildman–Crippen LogP) is 4.56. The molecule has 0 nitrogen and oxygen atoms in total. The summed E-state index contributed by atoms with van der Waals surface area (Å²) in [7, 11) is 0. The Kier molecular flexibility index (Phi) is 4.55. The smallest absolute Gasteiger partial charge is 0.0259 e. The van der Waals surface area contributed by atoms with Gasteiger partial charge in [-0.05, 0) is 32.1 Å². The number of hydrogen-bond acceptors (Lipinski definition) is 0. The maximum absolute atomic E-state index is 2.40. The van der Waals surface area contributed by atoms with Gasteiger partial charge >= 0.3 is 0 Å². The number of unbranched alkanes of at least 4 members (excludes halogenated alkanes) is 1. The van der Waals surface area contributed by atoms with Crippen molar-refractivity contribution in [2.75, 3.05) is 0 Å². The molecule has 1 fully saturated rings. The maximum atomic E-state index is 2.40. The molecule has 13 heavy (non-hydrogen) atoms. The Morgan fingerprint density at radius 1 is 1.31 bits per heavy atom. The average molecular weight is 180 g/mol. The van der Waals surface area contributed by atoms with Crippen LogP contribution >= 0.6 is 0 Å². The summed E-state index contributed by atoms with van der Waals surface area (Å²) in [5.74, 6) is 1.92. The molecule has 1 rings (SSSR count). The van der Waals surface area contributed by atoms with Crippen LogP contribution in [0, 0.1) is 11.8 Å².